The molecular weight excluding hydrogens is 577 g/mol. The molecule has 0 bridgehead atoms. The molecule has 2 amide bonds. The fourth-order valence-electron chi connectivity index (χ4n) is 6.01. The molecule has 1 aliphatic heterocycles. The van der Waals surface area contributed by atoms with E-state index < -0.39 is 11.9 Å². The first-order valence-corrected chi connectivity index (χ1v) is 15.8. The Balaban J connectivity index is 1.32. The lowest BCUT2D eigenvalue weighted by Crippen LogP contribution is -2.41. The molecule has 0 atom stereocenters. The number of benzene rings is 2. The maximum Gasteiger partial charge on any atom is 0.434 e. The Bertz CT molecular complexity index is 1620. The van der Waals surface area contributed by atoms with Crippen LogP contribution in [0.1, 0.15) is 63.1 Å². The topological polar surface area (TPSA) is 77.4 Å². The van der Waals surface area contributed by atoms with Gasteiger partial charge >= 0.3 is 12.2 Å². The Morgan fingerprint density at radius 2 is 1.74 bits per heavy atom. The number of aromatic nitrogens is 2. The molecule has 3 aliphatic rings. The van der Waals surface area contributed by atoms with E-state index in [4.69, 9.17) is 9.47 Å². The van der Waals surface area contributed by atoms with Gasteiger partial charge in [0.2, 0.25) is 0 Å². The fourth-order valence-corrected chi connectivity index (χ4v) is 6.89. The van der Waals surface area contributed by atoms with Crippen LogP contribution in [0.4, 0.5) is 23.7 Å². The highest BCUT2D eigenvalue weighted by atomic mass is 32.1. The number of carbonyl (C=O) groups is 1. The van der Waals surface area contributed by atoms with E-state index in [1.807, 2.05) is 42.5 Å². The number of amides is 2. The van der Waals surface area contributed by atoms with Gasteiger partial charge in [0.25, 0.3) is 0 Å². The third kappa shape index (κ3) is 5.72. The molecule has 2 saturated carbocycles. The number of urea groups is 1. The van der Waals surface area contributed by atoms with Crippen LogP contribution < -0.4 is 15.4 Å². The third-order valence-corrected chi connectivity index (χ3v) is 9.61. The predicted octanol–water partition coefficient (Wildman–Crippen LogP) is 8.41. The number of hydrogen-bond donors (Lipinski definition) is 2. The number of thiazole rings is 1. The first-order valence-electron chi connectivity index (χ1n) is 15.0. The minimum Gasteiger partial charge on any atom is -0.490 e. The minimum absolute atomic E-state index is 0.0621. The van der Waals surface area contributed by atoms with Crippen molar-refractivity contribution < 1.29 is 27.4 Å². The summed E-state index contributed by atoms with van der Waals surface area (Å²) in [7, 11) is 0. The molecule has 2 aromatic heterocycles. The minimum atomic E-state index is -4.53. The van der Waals surface area contributed by atoms with Crippen LogP contribution in [0.25, 0.3) is 32.7 Å². The molecule has 2 aromatic carbocycles. The van der Waals surface area contributed by atoms with Gasteiger partial charge in [-0.1, -0.05) is 12.1 Å². The molecule has 4 aromatic rings. The van der Waals surface area contributed by atoms with Crippen molar-refractivity contribution in [3.05, 3.63) is 53.5 Å². The van der Waals surface area contributed by atoms with Crippen molar-refractivity contribution in [3.8, 4) is 27.6 Å². The van der Waals surface area contributed by atoms with Crippen molar-refractivity contribution in [1.29, 1.82) is 0 Å². The van der Waals surface area contributed by atoms with Crippen molar-refractivity contribution in [2.24, 2.45) is 0 Å². The molecule has 0 spiro atoms. The van der Waals surface area contributed by atoms with Gasteiger partial charge in [0.05, 0.1) is 24.4 Å². The van der Waals surface area contributed by atoms with Crippen LogP contribution >= 0.6 is 11.3 Å². The maximum absolute atomic E-state index is 13.7. The summed E-state index contributed by atoms with van der Waals surface area (Å²) in [5.74, 6) is 0.739. The molecule has 7 nitrogen and oxygen atoms in total. The molecule has 3 fully saturated rings. The van der Waals surface area contributed by atoms with E-state index in [1.165, 1.54) is 0 Å². The van der Waals surface area contributed by atoms with Crippen molar-refractivity contribution >= 4 is 34.0 Å². The second kappa shape index (κ2) is 11.5. The quantitative estimate of drug-likeness (QED) is 0.220. The monoisotopic (exact) mass is 610 g/mol. The Labute approximate surface area is 251 Å². The Morgan fingerprint density at radius 1 is 1.00 bits per heavy atom. The summed E-state index contributed by atoms with van der Waals surface area (Å²) < 4.78 is 55.1. The van der Waals surface area contributed by atoms with Gasteiger partial charge in [-0.25, -0.2) is 9.78 Å². The van der Waals surface area contributed by atoms with Gasteiger partial charge in [-0.2, -0.15) is 13.2 Å². The van der Waals surface area contributed by atoms with Crippen LogP contribution in [0.2, 0.25) is 0 Å². The molecule has 0 unspecified atom stereocenters. The van der Waals surface area contributed by atoms with E-state index >= 15 is 0 Å². The van der Waals surface area contributed by atoms with Crippen molar-refractivity contribution in [2.45, 2.75) is 75.7 Å². The number of rotatable bonds is 7. The van der Waals surface area contributed by atoms with Crippen molar-refractivity contribution in [2.75, 3.05) is 18.5 Å². The highest BCUT2D eigenvalue weighted by Gasteiger charge is 2.36. The zero-order chi connectivity index (χ0) is 29.6. The summed E-state index contributed by atoms with van der Waals surface area (Å²) in [6, 6.07) is 13.6. The lowest BCUT2D eigenvalue weighted by Gasteiger charge is -2.30. The highest BCUT2D eigenvalue weighted by molar-refractivity contribution is 7.13. The lowest BCUT2D eigenvalue weighted by molar-refractivity contribution is -0.140. The number of anilines is 1. The standard InChI is InChI=1S/C32H33F3N4O3S/c33-32(34,35)27-18-43-30(38-27)28-25-12-11-24(42-23-13-15-41-16-14-23)17-26(25)39(22-5-2-6-22)29(28)19-7-9-21(10-8-19)37-31(40)36-20-3-1-4-20/h7-12,17-18,20,22-23H,1-6,13-16H2,(H2,36,37,40). The SMILES string of the molecule is O=C(Nc1ccc(-c2c(-c3nc(C(F)(F)F)cs3)c3ccc(OC4CCOCC4)cc3n2C2CCC2)cc1)NC1CCC1. The van der Waals surface area contributed by atoms with Gasteiger partial charge < -0.3 is 24.7 Å². The van der Waals surface area contributed by atoms with Crippen molar-refractivity contribution in [1.82, 2.24) is 14.9 Å². The van der Waals surface area contributed by atoms with E-state index in [0.717, 1.165) is 96.0 Å². The number of ether oxygens (including phenoxy) is 2. The number of nitrogens with zero attached hydrogens (tertiary/aromatic N) is 2. The smallest absolute Gasteiger partial charge is 0.434 e. The Kier molecular flexibility index (Phi) is 7.54. The van der Waals surface area contributed by atoms with E-state index in [1.54, 1.807) is 0 Å². The normalized spacial score (nSPS) is 18.3. The largest absolute Gasteiger partial charge is 0.490 e. The average molecular weight is 611 g/mol. The summed E-state index contributed by atoms with van der Waals surface area (Å²) in [4.78, 5) is 16.5. The Morgan fingerprint density at radius 3 is 2.37 bits per heavy atom. The summed E-state index contributed by atoms with van der Waals surface area (Å²) in [6.45, 7) is 1.33. The van der Waals surface area contributed by atoms with Crippen LogP contribution in [-0.2, 0) is 10.9 Å². The molecule has 1 saturated heterocycles. The summed E-state index contributed by atoms with van der Waals surface area (Å²) in [5.41, 5.74) is 3.04. The van der Waals surface area contributed by atoms with Gasteiger partial charge in [-0.3, -0.25) is 0 Å². The van der Waals surface area contributed by atoms with Crippen LogP contribution in [0.3, 0.4) is 0 Å². The second-order valence-electron chi connectivity index (χ2n) is 11.6. The van der Waals surface area contributed by atoms with Gasteiger partial charge in [0, 0.05) is 53.0 Å². The van der Waals surface area contributed by atoms with Gasteiger partial charge in [0.15, 0.2) is 5.69 Å². The zero-order valence-electron chi connectivity index (χ0n) is 23.6. The predicted molar refractivity (Wildman–Crippen MR) is 161 cm³/mol. The van der Waals surface area contributed by atoms with Crippen LogP contribution in [-0.4, -0.2) is 40.9 Å². The van der Waals surface area contributed by atoms with Gasteiger partial charge in [-0.15, -0.1) is 11.3 Å². The molecule has 2 aliphatic carbocycles. The second-order valence-corrected chi connectivity index (χ2v) is 12.5. The van der Waals surface area contributed by atoms with Gasteiger partial charge in [0.1, 0.15) is 16.9 Å². The molecular formula is C32H33F3N4O3S. The zero-order valence-corrected chi connectivity index (χ0v) is 24.4. The fraction of sp³-hybridized carbons (Fsp3) is 0.438. The number of halogens is 3. The first-order chi connectivity index (χ1) is 20.8. The molecule has 11 heteroatoms. The molecule has 7 rings (SSSR count). The number of nitrogens with one attached hydrogen (secondary N) is 2. The maximum atomic E-state index is 13.7. The van der Waals surface area contributed by atoms with E-state index in [2.05, 4.69) is 20.2 Å². The van der Waals surface area contributed by atoms with E-state index in [9.17, 15) is 18.0 Å². The third-order valence-electron chi connectivity index (χ3n) is 8.75. The lowest BCUT2D eigenvalue weighted by atomic mass is 9.92. The van der Waals surface area contributed by atoms with Gasteiger partial charge in [-0.05, 0) is 68.4 Å². The first kappa shape index (κ1) is 28.2. The van der Waals surface area contributed by atoms with E-state index in [-0.39, 0.29) is 24.2 Å². The molecule has 226 valence electrons. The van der Waals surface area contributed by atoms with E-state index in [0.29, 0.717) is 29.5 Å². The van der Waals surface area contributed by atoms with Crippen molar-refractivity contribution in [3.63, 3.8) is 0 Å². The molecule has 2 N–H and O–H groups in total. The Hall–Kier alpha value is -3.57. The van der Waals surface area contributed by atoms with Crippen LogP contribution in [0.15, 0.2) is 47.8 Å². The number of carbonyl (C=O) groups excluding carboxylic acids is 1. The number of hydrogen-bond acceptors (Lipinski definition) is 5. The summed E-state index contributed by atoms with van der Waals surface area (Å²) in [6.07, 6.45) is 3.33. The average Bonchev–Trinajstić information content (AvgIpc) is 3.55. The molecule has 3 heterocycles. The summed E-state index contributed by atoms with van der Waals surface area (Å²) >= 11 is 1.01. The van der Waals surface area contributed by atoms with Crippen LogP contribution in [0.5, 0.6) is 5.75 Å². The number of alkyl halides is 3. The number of fused-ring (bicyclic) bond motifs is 1. The van der Waals surface area contributed by atoms with Crippen LogP contribution in [0, 0.1) is 0 Å². The molecule has 0 radical (unpaired) electrons. The summed E-state index contributed by atoms with van der Waals surface area (Å²) in [5, 5.41) is 8.13. The molecule has 43 heavy (non-hydrogen) atoms. The highest BCUT2D eigenvalue weighted by Crippen LogP contribution is 2.48.